The lowest BCUT2D eigenvalue weighted by Gasteiger charge is -2.38. The summed E-state index contributed by atoms with van der Waals surface area (Å²) in [6, 6.07) is 16.9. The second kappa shape index (κ2) is 9.58. The van der Waals surface area contributed by atoms with Gasteiger partial charge >= 0.3 is 0 Å². The Morgan fingerprint density at radius 1 is 1.21 bits per heavy atom. The number of fused-ring (bicyclic) bond motifs is 1. The number of benzene rings is 2. The van der Waals surface area contributed by atoms with Gasteiger partial charge in [-0.25, -0.2) is 4.39 Å². The number of guanidine groups is 1. The smallest absolute Gasteiger partial charge is 0.194 e. The topological polar surface area (TPSA) is 52.7 Å². The van der Waals surface area contributed by atoms with Crippen molar-refractivity contribution in [3.8, 4) is 0 Å². The van der Waals surface area contributed by atoms with E-state index in [2.05, 4.69) is 38.4 Å². The first kappa shape index (κ1) is 21.6. The van der Waals surface area contributed by atoms with Crippen LogP contribution in [0.25, 0.3) is 10.9 Å². The summed E-state index contributed by atoms with van der Waals surface area (Å²) < 4.78 is 19.3. The highest BCUT2D eigenvalue weighted by atomic mass is 127. The molecule has 29 heavy (non-hydrogen) atoms. The van der Waals surface area contributed by atoms with Gasteiger partial charge in [-0.2, -0.15) is 0 Å². The molecule has 1 saturated heterocycles. The zero-order valence-corrected chi connectivity index (χ0v) is 18.9. The fourth-order valence-electron chi connectivity index (χ4n) is 3.72. The van der Waals surface area contributed by atoms with Crippen LogP contribution in [-0.4, -0.2) is 42.1 Å². The van der Waals surface area contributed by atoms with Crippen LogP contribution in [0.5, 0.6) is 0 Å². The SMILES string of the molecule is CN=C(NCc1cc2ccccc2[nH]1)N1CC(C)OC(c2ccc(F)cc2)C1.I. The molecular formula is C22H26FIN4O. The molecule has 0 amide bonds. The highest BCUT2D eigenvalue weighted by Crippen LogP contribution is 2.25. The first-order chi connectivity index (χ1) is 13.6. The van der Waals surface area contributed by atoms with Gasteiger partial charge in [0, 0.05) is 24.8 Å². The van der Waals surface area contributed by atoms with Crippen LogP contribution in [0.4, 0.5) is 4.39 Å². The van der Waals surface area contributed by atoms with Gasteiger partial charge in [-0.15, -0.1) is 24.0 Å². The molecule has 0 bridgehead atoms. The first-order valence-electron chi connectivity index (χ1n) is 9.55. The number of nitrogens with one attached hydrogen (secondary N) is 2. The number of rotatable bonds is 3. The Kier molecular flexibility index (Phi) is 7.13. The quantitative estimate of drug-likeness (QED) is 0.312. The molecule has 5 nitrogen and oxygen atoms in total. The summed E-state index contributed by atoms with van der Waals surface area (Å²) in [7, 11) is 1.79. The molecule has 154 valence electrons. The van der Waals surface area contributed by atoms with Crippen molar-refractivity contribution >= 4 is 40.8 Å². The van der Waals surface area contributed by atoms with Gasteiger partial charge < -0.3 is 19.9 Å². The van der Waals surface area contributed by atoms with Gasteiger partial charge in [0.25, 0.3) is 0 Å². The second-order valence-corrected chi connectivity index (χ2v) is 7.17. The summed E-state index contributed by atoms with van der Waals surface area (Å²) in [5, 5.41) is 4.65. The monoisotopic (exact) mass is 508 g/mol. The van der Waals surface area contributed by atoms with Crippen LogP contribution >= 0.6 is 24.0 Å². The van der Waals surface area contributed by atoms with Crippen molar-refractivity contribution in [2.45, 2.75) is 25.7 Å². The third kappa shape index (κ3) is 5.08. The highest BCUT2D eigenvalue weighted by Gasteiger charge is 2.28. The summed E-state index contributed by atoms with van der Waals surface area (Å²) in [4.78, 5) is 10.1. The number of aliphatic imine (C=N–C) groups is 1. The van der Waals surface area contributed by atoms with Crippen LogP contribution in [0.1, 0.15) is 24.3 Å². The molecule has 0 saturated carbocycles. The molecule has 1 aliphatic heterocycles. The van der Waals surface area contributed by atoms with Crippen molar-refractivity contribution in [3.05, 3.63) is 71.7 Å². The molecule has 0 aliphatic carbocycles. The highest BCUT2D eigenvalue weighted by molar-refractivity contribution is 14.0. The average molecular weight is 508 g/mol. The number of aromatic amines is 1. The van der Waals surface area contributed by atoms with E-state index in [1.807, 2.05) is 19.1 Å². The maximum atomic E-state index is 13.2. The van der Waals surface area contributed by atoms with E-state index in [1.54, 1.807) is 19.2 Å². The van der Waals surface area contributed by atoms with Gasteiger partial charge in [-0.3, -0.25) is 4.99 Å². The van der Waals surface area contributed by atoms with E-state index < -0.39 is 0 Å². The number of ether oxygens (including phenoxy) is 1. The molecule has 1 fully saturated rings. The minimum absolute atomic E-state index is 0. The van der Waals surface area contributed by atoms with Gasteiger partial charge in [-0.05, 0) is 42.1 Å². The minimum atomic E-state index is -0.236. The standard InChI is InChI=1S/C22H25FN4O.HI/c1-15-13-27(14-21(28-15)16-7-9-18(23)10-8-16)22(24-2)25-12-19-11-17-5-3-4-6-20(17)26-19;/h3-11,15,21,26H,12-14H2,1-2H3,(H,24,25);1H. The van der Waals surface area contributed by atoms with Gasteiger partial charge in [0.1, 0.15) is 11.9 Å². The molecule has 1 aromatic heterocycles. The van der Waals surface area contributed by atoms with E-state index in [9.17, 15) is 4.39 Å². The van der Waals surface area contributed by atoms with Crippen LogP contribution in [0.15, 0.2) is 59.6 Å². The third-order valence-corrected chi connectivity index (χ3v) is 5.04. The van der Waals surface area contributed by atoms with Crippen molar-refractivity contribution in [2.75, 3.05) is 20.1 Å². The van der Waals surface area contributed by atoms with Gasteiger partial charge in [0.15, 0.2) is 5.96 Å². The van der Waals surface area contributed by atoms with Crippen LogP contribution in [0.2, 0.25) is 0 Å². The predicted molar refractivity (Wildman–Crippen MR) is 125 cm³/mol. The van der Waals surface area contributed by atoms with Gasteiger partial charge in [-0.1, -0.05) is 30.3 Å². The van der Waals surface area contributed by atoms with E-state index in [-0.39, 0.29) is 42.0 Å². The molecule has 3 aromatic rings. The molecule has 7 heteroatoms. The molecule has 4 rings (SSSR count). The maximum absolute atomic E-state index is 13.2. The maximum Gasteiger partial charge on any atom is 0.194 e. The van der Waals surface area contributed by atoms with E-state index in [1.165, 1.54) is 17.5 Å². The minimum Gasteiger partial charge on any atom is -0.367 e. The van der Waals surface area contributed by atoms with Crippen LogP contribution in [0.3, 0.4) is 0 Å². The fraction of sp³-hybridized carbons (Fsp3) is 0.318. The average Bonchev–Trinajstić information content (AvgIpc) is 3.11. The van der Waals surface area contributed by atoms with E-state index >= 15 is 0 Å². The summed E-state index contributed by atoms with van der Waals surface area (Å²) in [5.74, 6) is 0.598. The molecule has 1 aliphatic rings. The predicted octanol–water partition coefficient (Wildman–Crippen LogP) is 4.46. The number of H-pyrrole nitrogens is 1. The molecule has 2 heterocycles. The van der Waals surface area contributed by atoms with Gasteiger partial charge in [0.05, 0.1) is 19.2 Å². The van der Waals surface area contributed by atoms with Crippen molar-refractivity contribution in [1.29, 1.82) is 0 Å². The largest absolute Gasteiger partial charge is 0.367 e. The van der Waals surface area contributed by atoms with Crippen molar-refractivity contribution in [1.82, 2.24) is 15.2 Å². The third-order valence-electron chi connectivity index (χ3n) is 5.04. The molecule has 0 spiro atoms. The Hall–Kier alpha value is -2.13. The number of morpholine rings is 1. The number of hydrogen-bond donors (Lipinski definition) is 2. The molecule has 2 atom stereocenters. The molecular weight excluding hydrogens is 482 g/mol. The summed E-state index contributed by atoms with van der Waals surface area (Å²) >= 11 is 0. The van der Waals surface area contributed by atoms with Crippen LogP contribution < -0.4 is 5.32 Å². The number of nitrogens with zero attached hydrogens (tertiary/aromatic N) is 2. The summed E-state index contributed by atoms with van der Waals surface area (Å²) in [6.45, 7) is 4.13. The van der Waals surface area contributed by atoms with E-state index in [0.717, 1.165) is 29.3 Å². The lowest BCUT2D eigenvalue weighted by atomic mass is 10.1. The second-order valence-electron chi connectivity index (χ2n) is 7.17. The van der Waals surface area contributed by atoms with Crippen molar-refractivity contribution in [2.24, 2.45) is 4.99 Å². The zero-order valence-electron chi connectivity index (χ0n) is 16.6. The van der Waals surface area contributed by atoms with E-state index in [0.29, 0.717) is 13.1 Å². The Morgan fingerprint density at radius 2 is 1.97 bits per heavy atom. The lowest BCUT2D eigenvalue weighted by Crippen LogP contribution is -2.50. The lowest BCUT2D eigenvalue weighted by molar-refractivity contribution is -0.0605. The number of halogens is 2. The zero-order chi connectivity index (χ0) is 19.5. The Labute approximate surface area is 187 Å². The van der Waals surface area contributed by atoms with Crippen LogP contribution in [0, 0.1) is 5.82 Å². The van der Waals surface area contributed by atoms with Crippen molar-refractivity contribution < 1.29 is 9.13 Å². The summed E-state index contributed by atoms with van der Waals surface area (Å²) in [6.07, 6.45) is -0.0635. The van der Waals surface area contributed by atoms with Crippen molar-refractivity contribution in [3.63, 3.8) is 0 Å². The fourth-order valence-corrected chi connectivity index (χ4v) is 3.72. The molecule has 2 N–H and O–H groups in total. The molecule has 2 unspecified atom stereocenters. The number of para-hydroxylation sites is 1. The molecule has 0 radical (unpaired) electrons. The van der Waals surface area contributed by atoms with E-state index in [4.69, 9.17) is 4.74 Å². The Morgan fingerprint density at radius 3 is 2.69 bits per heavy atom. The molecule has 2 aromatic carbocycles. The van der Waals surface area contributed by atoms with Crippen LogP contribution in [-0.2, 0) is 11.3 Å². The first-order valence-corrected chi connectivity index (χ1v) is 9.55. The Balaban J connectivity index is 0.00000240. The number of hydrogen-bond acceptors (Lipinski definition) is 2. The Bertz CT molecular complexity index is 939. The van der Waals surface area contributed by atoms with Gasteiger partial charge in [0.2, 0.25) is 0 Å². The number of aromatic nitrogens is 1. The normalized spacial score (nSPS) is 19.8. The summed E-state index contributed by atoms with van der Waals surface area (Å²) in [5.41, 5.74) is 3.22.